The molecule has 0 aliphatic carbocycles. The maximum Gasteiger partial charge on any atom is 0.276 e. The molecule has 0 fully saturated rings. The Kier molecular flexibility index (Phi) is 4.52. The van der Waals surface area contributed by atoms with Crippen LogP contribution in [0.5, 0.6) is 5.75 Å². The third-order valence-electron chi connectivity index (χ3n) is 4.18. The number of aromatic nitrogens is 3. The fourth-order valence-corrected chi connectivity index (χ4v) is 2.81. The maximum absolute atomic E-state index is 12.4. The SMILES string of the molecule is COc1ccccc1-c1nc(NC(=O)C2=NO[C@H](c3ccccc3)C2)n[nH]1. The summed E-state index contributed by atoms with van der Waals surface area (Å²) in [5.74, 6) is 0.922. The fourth-order valence-electron chi connectivity index (χ4n) is 2.81. The van der Waals surface area contributed by atoms with Gasteiger partial charge in [-0.1, -0.05) is 47.6 Å². The summed E-state index contributed by atoms with van der Waals surface area (Å²) >= 11 is 0. The summed E-state index contributed by atoms with van der Waals surface area (Å²) < 4.78 is 5.31. The molecule has 1 amide bonds. The fraction of sp³-hybridized carbons (Fsp3) is 0.158. The number of carbonyl (C=O) groups excluding carboxylic acids is 1. The van der Waals surface area contributed by atoms with Gasteiger partial charge in [0.15, 0.2) is 11.9 Å². The lowest BCUT2D eigenvalue weighted by Crippen LogP contribution is -2.22. The third kappa shape index (κ3) is 3.50. The molecule has 8 nitrogen and oxygen atoms in total. The highest BCUT2D eigenvalue weighted by atomic mass is 16.6. The average molecular weight is 363 g/mol. The van der Waals surface area contributed by atoms with E-state index in [1.54, 1.807) is 7.11 Å². The highest BCUT2D eigenvalue weighted by Crippen LogP contribution is 2.28. The second-order valence-corrected chi connectivity index (χ2v) is 5.91. The number of aromatic amines is 1. The van der Waals surface area contributed by atoms with E-state index in [2.05, 4.69) is 25.7 Å². The number of carbonyl (C=O) groups is 1. The van der Waals surface area contributed by atoms with Crippen LogP contribution in [0.15, 0.2) is 59.8 Å². The van der Waals surface area contributed by atoms with E-state index in [4.69, 9.17) is 9.57 Å². The van der Waals surface area contributed by atoms with E-state index in [9.17, 15) is 4.79 Å². The van der Waals surface area contributed by atoms with Crippen molar-refractivity contribution >= 4 is 17.6 Å². The number of ether oxygens (including phenoxy) is 1. The van der Waals surface area contributed by atoms with Crippen LogP contribution in [0.3, 0.4) is 0 Å². The average Bonchev–Trinajstić information content (AvgIpc) is 3.38. The number of methoxy groups -OCH3 is 1. The lowest BCUT2D eigenvalue weighted by atomic mass is 10.0. The van der Waals surface area contributed by atoms with Crippen molar-refractivity contribution in [2.75, 3.05) is 12.4 Å². The molecule has 0 radical (unpaired) electrons. The molecular weight excluding hydrogens is 346 g/mol. The summed E-state index contributed by atoms with van der Waals surface area (Å²) in [5.41, 5.74) is 2.02. The van der Waals surface area contributed by atoms with Crippen LogP contribution in [0.1, 0.15) is 18.1 Å². The lowest BCUT2D eigenvalue weighted by Gasteiger charge is -2.07. The summed E-state index contributed by atoms with van der Waals surface area (Å²) in [6, 6.07) is 17.1. The molecule has 1 aliphatic heterocycles. The molecule has 2 aromatic carbocycles. The first kappa shape index (κ1) is 16.8. The van der Waals surface area contributed by atoms with E-state index in [1.165, 1.54) is 0 Å². The molecule has 2 N–H and O–H groups in total. The number of rotatable bonds is 5. The van der Waals surface area contributed by atoms with E-state index < -0.39 is 0 Å². The number of nitrogens with one attached hydrogen (secondary N) is 2. The molecule has 0 unspecified atom stereocenters. The smallest absolute Gasteiger partial charge is 0.276 e. The van der Waals surface area contributed by atoms with Gasteiger partial charge in [-0.15, -0.1) is 5.10 Å². The van der Waals surface area contributed by atoms with Crippen LogP contribution in [-0.4, -0.2) is 33.9 Å². The van der Waals surface area contributed by atoms with Crippen LogP contribution >= 0.6 is 0 Å². The molecule has 0 spiro atoms. The van der Waals surface area contributed by atoms with Gasteiger partial charge in [-0.2, -0.15) is 4.98 Å². The molecular formula is C19H17N5O3. The van der Waals surface area contributed by atoms with Gasteiger partial charge in [0, 0.05) is 6.42 Å². The van der Waals surface area contributed by atoms with Gasteiger partial charge >= 0.3 is 0 Å². The second kappa shape index (κ2) is 7.28. The molecule has 3 aromatic rings. The van der Waals surface area contributed by atoms with E-state index in [0.29, 0.717) is 23.7 Å². The summed E-state index contributed by atoms with van der Waals surface area (Å²) in [6.07, 6.45) is 0.128. The summed E-state index contributed by atoms with van der Waals surface area (Å²) in [5, 5.41) is 13.4. The highest BCUT2D eigenvalue weighted by Gasteiger charge is 2.28. The Bertz CT molecular complexity index is 984. The number of benzene rings is 2. The molecule has 0 bridgehead atoms. The molecule has 1 atom stereocenters. The number of oxime groups is 1. The largest absolute Gasteiger partial charge is 0.496 e. The van der Waals surface area contributed by atoms with Crippen LogP contribution in [0.4, 0.5) is 5.95 Å². The Morgan fingerprint density at radius 3 is 2.78 bits per heavy atom. The van der Waals surface area contributed by atoms with Gasteiger partial charge in [-0.3, -0.25) is 15.2 Å². The normalized spacial score (nSPS) is 15.7. The van der Waals surface area contributed by atoms with Crippen LogP contribution in [0, 0.1) is 0 Å². The first-order valence-corrected chi connectivity index (χ1v) is 8.39. The van der Waals surface area contributed by atoms with Crippen molar-refractivity contribution in [3.8, 4) is 17.1 Å². The zero-order valence-corrected chi connectivity index (χ0v) is 14.5. The number of H-pyrrole nitrogens is 1. The Hall–Kier alpha value is -3.68. The van der Waals surface area contributed by atoms with Crippen LogP contribution in [-0.2, 0) is 9.63 Å². The van der Waals surface area contributed by atoms with Crippen LogP contribution < -0.4 is 10.1 Å². The molecule has 0 saturated heterocycles. The first-order chi connectivity index (χ1) is 13.2. The van der Waals surface area contributed by atoms with Crippen molar-refractivity contribution in [2.45, 2.75) is 12.5 Å². The minimum Gasteiger partial charge on any atom is -0.496 e. The van der Waals surface area contributed by atoms with E-state index in [1.807, 2.05) is 54.6 Å². The number of para-hydroxylation sites is 1. The maximum atomic E-state index is 12.4. The number of anilines is 1. The van der Waals surface area contributed by atoms with Crippen molar-refractivity contribution < 1.29 is 14.4 Å². The third-order valence-corrected chi connectivity index (χ3v) is 4.18. The van der Waals surface area contributed by atoms with Gasteiger partial charge in [0.05, 0.1) is 12.7 Å². The van der Waals surface area contributed by atoms with E-state index in [0.717, 1.165) is 11.1 Å². The minimum atomic E-state index is -0.390. The van der Waals surface area contributed by atoms with Gasteiger partial charge in [-0.25, -0.2) is 0 Å². The van der Waals surface area contributed by atoms with Gasteiger partial charge in [-0.05, 0) is 17.7 Å². The van der Waals surface area contributed by atoms with Gasteiger partial charge < -0.3 is 9.57 Å². The van der Waals surface area contributed by atoms with Gasteiger partial charge in [0.25, 0.3) is 5.91 Å². The Balaban J connectivity index is 1.43. The van der Waals surface area contributed by atoms with Crippen LogP contribution in [0.2, 0.25) is 0 Å². The van der Waals surface area contributed by atoms with Crippen molar-refractivity contribution in [2.24, 2.45) is 5.16 Å². The summed E-state index contributed by atoms with van der Waals surface area (Å²) in [6.45, 7) is 0. The number of amides is 1. The standard InChI is InChI=1S/C19H17N5O3/c1-26-15-10-6-5-9-13(15)17-20-19(23-22-17)21-18(25)14-11-16(27-24-14)12-7-3-2-4-8-12/h2-10,16H,11H2,1H3,(H2,20,21,22,23,25)/t16-/m0/s1. The number of nitrogens with zero attached hydrogens (tertiary/aromatic N) is 3. The zero-order valence-electron chi connectivity index (χ0n) is 14.5. The highest BCUT2D eigenvalue weighted by molar-refractivity contribution is 6.43. The zero-order chi connectivity index (χ0) is 18.6. The molecule has 27 heavy (non-hydrogen) atoms. The first-order valence-electron chi connectivity index (χ1n) is 8.39. The van der Waals surface area contributed by atoms with Gasteiger partial charge in [0.2, 0.25) is 5.95 Å². The second-order valence-electron chi connectivity index (χ2n) is 5.91. The number of hydrogen-bond acceptors (Lipinski definition) is 6. The predicted octanol–water partition coefficient (Wildman–Crippen LogP) is 2.94. The Morgan fingerprint density at radius 2 is 1.96 bits per heavy atom. The van der Waals surface area contributed by atoms with Gasteiger partial charge in [0.1, 0.15) is 11.5 Å². The minimum absolute atomic E-state index is 0.159. The van der Waals surface area contributed by atoms with E-state index >= 15 is 0 Å². The number of hydrogen-bond donors (Lipinski definition) is 2. The molecule has 0 saturated carbocycles. The molecule has 2 heterocycles. The monoisotopic (exact) mass is 363 g/mol. The Labute approximate surface area is 155 Å². The molecule has 1 aliphatic rings. The lowest BCUT2D eigenvalue weighted by molar-refractivity contribution is -0.110. The summed E-state index contributed by atoms with van der Waals surface area (Å²) in [7, 11) is 1.58. The molecule has 1 aromatic heterocycles. The van der Waals surface area contributed by atoms with Crippen molar-refractivity contribution in [1.82, 2.24) is 15.2 Å². The summed E-state index contributed by atoms with van der Waals surface area (Å²) in [4.78, 5) is 22.1. The molecule has 136 valence electrons. The van der Waals surface area contributed by atoms with Crippen molar-refractivity contribution in [1.29, 1.82) is 0 Å². The molecule has 4 rings (SSSR count). The quantitative estimate of drug-likeness (QED) is 0.726. The van der Waals surface area contributed by atoms with Crippen molar-refractivity contribution in [3.05, 3.63) is 60.2 Å². The topological polar surface area (TPSA) is 101 Å². The Morgan fingerprint density at radius 1 is 1.19 bits per heavy atom. The molecule has 8 heteroatoms. The predicted molar refractivity (Wildman–Crippen MR) is 99.3 cm³/mol. The van der Waals surface area contributed by atoms with E-state index in [-0.39, 0.29) is 18.0 Å². The van der Waals surface area contributed by atoms with Crippen LogP contribution in [0.25, 0.3) is 11.4 Å². The van der Waals surface area contributed by atoms with Crippen molar-refractivity contribution in [3.63, 3.8) is 0 Å².